The Kier molecular flexibility index (Phi) is 6.14. The molecule has 0 spiro atoms. The summed E-state index contributed by atoms with van der Waals surface area (Å²) < 4.78 is 5.43. The molecule has 5 nitrogen and oxygen atoms in total. The molecule has 1 heterocycles. The summed E-state index contributed by atoms with van der Waals surface area (Å²) in [6.45, 7) is 2.59. The second-order valence-electron chi connectivity index (χ2n) is 3.98. The van der Waals surface area contributed by atoms with Crippen LogP contribution in [0.5, 0.6) is 5.88 Å². The summed E-state index contributed by atoms with van der Waals surface area (Å²) >= 11 is 0. The Hall–Kier alpha value is -1.62. The Bertz CT molecular complexity index is 393. The number of carbonyl (C=O) groups is 1. The average molecular weight is 253 g/mol. The standard InChI is InChI=1S/C13H19NO4/c1-2-11-8-10(13(16)17)9-12(14-11)18-7-5-3-4-6-15/h8-9,15H,2-7H2,1H3,(H,16,17). The van der Waals surface area contributed by atoms with Crippen LogP contribution in [0.1, 0.15) is 42.2 Å². The Morgan fingerprint density at radius 2 is 2.11 bits per heavy atom. The summed E-state index contributed by atoms with van der Waals surface area (Å²) in [5.41, 5.74) is 0.910. The van der Waals surface area contributed by atoms with Crippen molar-refractivity contribution in [3.05, 3.63) is 23.4 Å². The number of hydrogen-bond acceptors (Lipinski definition) is 4. The van der Waals surface area contributed by atoms with E-state index in [0.717, 1.165) is 19.3 Å². The summed E-state index contributed by atoms with van der Waals surface area (Å²) in [7, 11) is 0. The highest BCUT2D eigenvalue weighted by atomic mass is 16.5. The van der Waals surface area contributed by atoms with E-state index in [1.807, 2.05) is 6.92 Å². The average Bonchev–Trinajstić information content (AvgIpc) is 2.38. The van der Waals surface area contributed by atoms with Crippen LogP contribution in [0.3, 0.4) is 0 Å². The number of aromatic nitrogens is 1. The molecule has 0 radical (unpaired) electrons. The second kappa shape index (κ2) is 7.66. The van der Waals surface area contributed by atoms with E-state index < -0.39 is 5.97 Å². The van der Waals surface area contributed by atoms with Gasteiger partial charge in [-0.2, -0.15) is 0 Å². The predicted octanol–water partition coefficient (Wildman–Crippen LogP) is 1.88. The molecule has 0 bridgehead atoms. The molecule has 1 aromatic rings. The summed E-state index contributed by atoms with van der Waals surface area (Å²) in [4.78, 5) is 15.1. The van der Waals surface area contributed by atoms with Crippen LogP contribution in [0.25, 0.3) is 0 Å². The first-order valence-electron chi connectivity index (χ1n) is 6.15. The maximum absolute atomic E-state index is 10.9. The van der Waals surface area contributed by atoms with E-state index >= 15 is 0 Å². The molecule has 18 heavy (non-hydrogen) atoms. The number of aryl methyl sites for hydroxylation is 1. The summed E-state index contributed by atoms with van der Waals surface area (Å²) in [6.07, 6.45) is 3.13. The number of carboxylic acid groups (broad SMARTS) is 1. The van der Waals surface area contributed by atoms with Crippen molar-refractivity contribution >= 4 is 5.97 Å². The number of pyridine rings is 1. The van der Waals surface area contributed by atoms with Crippen molar-refractivity contribution < 1.29 is 19.7 Å². The van der Waals surface area contributed by atoms with Crippen LogP contribution >= 0.6 is 0 Å². The van der Waals surface area contributed by atoms with E-state index in [-0.39, 0.29) is 12.2 Å². The lowest BCUT2D eigenvalue weighted by molar-refractivity contribution is 0.0696. The van der Waals surface area contributed by atoms with Crippen molar-refractivity contribution in [1.82, 2.24) is 4.98 Å². The normalized spacial score (nSPS) is 10.3. The second-order valence-corrected chi connectivity index (χ2v) is 3.98. The summed E-state index contributed by atoms with van der Waals surface area (Å²) in [5.74, 6) is -0.618. The van der Waals surface area contributed by atoms with Crippen molar-refractivity contribution in [2.75, 3.05) is 13.2 Å². The van der Waals surface area contributed by atoms with E-state index in [0.29, 0.717) is 24.6 Å². The molecule has 0 aliphatic rings. The number of aromatic carboxylic acids is 1. The van der Waals surface area contributed by atoms with Crippen LogP contribution in [0.4, 0.5) is 0 Å². The largest absolute Gasteiger partial charge is 0.478 e. The fourth-order valence-electron chi connectivity index (χ4n) is 1.51. The maximum atomic E-state index is 10.9. The summed E-state index contributed by atoms with van der Waals surface area (Å²) in [6, 6.07) is 2.99. The molecule has 5 heteroatoms. The minimum absolute atomic E-state index is 0.187. The predicted molar refractivity (Wildman–Crippen MR) is 67.0 cm³/mol. The van der Waals surface area contributed by atoms with Gasteiger partial charge in [0.15, 0.2) is 0 Å². The number of nitrogens with zero attached hydrogens (tertiary/aromatic N) is 1. The monoisotopic (exact) mass is 253 g/mol. The van der Waals surface area contributed by atoms with E-state index in [1.54, 1.807) is 6.07 Å². The fourth-order valence-corrected chi connectivity index (χ4v) is 1.51. The Labute approximate surface area is 106 Å². The first kappa shape index (κ1) is 14.4. The van der Waals surface area contributed by atoms with Gasteiger partial charge in [0.2, 0.25) is 5.88 Å². The third-order valence-electron chi connectivity index (χ3n) is 2.52. The highest BCUT2D eigenvalue weighted by Crippen LogP contribution is 2.14. The number of ether oxygens (including phenoxy) is 1. The molecule has 0 atom stereocenters. The van der Waals surface area contributed by atoms with Gasteiger partial charge in [0.1, 0.15) is 0 Å². The molecule has 100 valence electrons. The van der Waals surface area contributed by atoms with Crippen molar-refractivity contribution in [3.8, 4) is 5.88 Å². The third-order valence-corrected chi connectivity index (χ3v) is 2.52. The van der Waals surface area contributed by atoms with E-state index in [4.69, 9.17) is 14.9 Å². The highest BCUT2D eigenvalue weighted by Gasteiger charge is 2.08. The number of rotatable bonds is 8. The molecule has 0 aromatic carbocycles. The Morgan fingerprint density at radius 3 is 2.72 bits per heavy atom. The van der Waals surface area contributed by atoms with E-state index in [9.17, 15) is 4.79 Å². The Morgan fingerprint density at radius 1 is 1.33 bits per heavy atom. The van der Waals surface area contributed by atoms with Gasteiger partial charge in [0.05, 0.1) is 12.2 Å². The summed E-state index contributed by atoms with van der Waals surface area (Å²) in [5, 5.41) is 17.6. The van der Waals surface area contributed by atoms with Gasteiger partial charge in [0, 0.05) is 18.4 Å². The van der Waals surface area contributed by atoms with Gasteiger partial charge in [-0.1, -0.05) is 6.92 Å². The minimum atomic E-state index is -0.975. The number of carboxylic acids is 1. The molecular formula is C13H19NO4. The quantitative estimate of drug-likeness (QED) is 0.691. The van der Waals surface area contributed by atoms with Crippen molar-refractivity contribution in [2.45, 2.75) is 32.6 Å². The van der Waals surface area contributed by atoms with Gasteiger partial charge < -0.3 is 14.9 Å². The van der Waals surface area contributed by atoms with E-state index in [2.05, 4.69) is 4.98 Å². The zero-order valence-corrected chi connectivity index (χ0v) is 10.6. The molecule has 1 aromatic heterocycles. The van der Waals surface area contributed by atoms with Gasteiger partial charge >= 0.3 is 5.97 Å². The van der Waals surface area contributed by atoms with Crippen molar-refractivity contribution in [1.29, 1.82) is 0 Å². The lowest BCUT2D eigenvalue weighted by Gasteiger charge is -2.07. The van der Waals surface area contributed by atoms with Gasteiger partial charge in [-0.05, 0) is 31.7 Å². The number of hydrogen-bond donors (Lipinski definition) is 2. The number of unbranched alkanes of at least 4 members (excludes halogenated alkanes) is 2. The van der Waals surface area contributed by atoms with Crippen LogP contribution in [0.15, 0.2) is 12.1 Å². The zero-order valence-electron chi connectivity index (χ0n) is 10.6. The number of aliphatic hydroxyl groups is 1. The molecule has 0 unspecified atom stereocenters. The van der Waals surface area contributed by atoms with Crippen molar-refractivity contribution in [2.24, 2.45) is 0 Å². The molecular weight excluding hydrogens is 234 g/mol. The van der Waals surface area contributed by atoms with Crippen molar-refractivity contribution in [3.63, 3.8) is 0 Å². The lowest BCUT2D eigenvalue weighted by Crippen LogP contribution is -2.05. The molecule has 0 saturated carbocycles. The van der Waals surface area contributed by atoms with Gasteiger partial charge in [-0.25, -0.2) is 9.78 Å². The Balaban J connectivity index is 2.58. The van der Waals surface area contributed by atoms with Gasteiger partial charge in [-0.15, -0.1) is 0 Å². The zero-order chi connectivity index (χ0) is 13.4. The fraction of sp³-hybridized carbons (Fsp3) is 0.538. The molecule has 2 N–H and O–H groups in total. The highest BCUT2D eigenvalue weighted by molar-refractivity contribution is 5.88. The topological polar surface area (TPSA) is 79.7 Å². The third kappa shape index (κ3) is 4.71. The smallest absolute Gasteiger partial charge is 0.335 e. The SMILES string of the molecule is CCc1cc(C(=O)O)cc(OCCCCCO)n1. The van der Waals surface area contributed by atoms with Crippen LogP contribution in [0.2, 0.25) is 0 Å². The molecule has 0 saturated heterocycles. The molecule has 0 amide bonds. The minimum Gasteiger partial charge on any atom is -0.478 e. The van der Waals surface area contributed by atoms with Gasteiger partial charge in [-0.3, -0.25) is 0 Å². The molecule has 1 rings (SSSR count). The van der Waals surface area contributed by atoms with Crippen LogP contribution in [0, 0.1) is 0 Å². The first-order chi connectivity index (χ1) is 8.67. The molecule has 0 fully saturated rings. The molecule has 0 aliphatic carbocycles. The van der Waals surface area contributed by atoms with Crippen LogP contribution < -0.4 is 4.74 Å². The van der Waals surface area contributed by atoms with Crippen LogP contribution in [-0.4, -0.2) is 34.4 Å². The first-order valence-corrected chi connectivity index (χ1v) is 6.15. The maximum Gasteiger partial charge on any atom is 0.335 e. The van der Waals surface area contributed by atoms with Gasteiger partial charge in [0.25, 0.3) is 0 Å². The number of aliphatic hydroxyl groups excluding tert-OH is 1. The lowest BCUT2D eigenvalue weighted by atomic mass is 10.2. The van der Waals surface area contributed by atoms with E-state index in [1.165, 1.54) is 6.07 Å². The molecule has 0 aliphatic heterocycles. The van der Waals surface area contributed by atoms with Crippen LogP contribution in [-0.2, 0) is 6.42 Å².